The fourth-order valence-corrected chi connectivity index (χ4v) is 3.50. The monoisotopic (exact) mass is 382 g/mol. The molecule has 27 heavy (non-hydrogen) atoms. The van der Waals surface area contributed by atoms with Crippen LogP contribution in [0.25, 0.3) is 0 Å². The second-order valence-electron chi connectivity index (χ2n) is 6.54. The summed E-state index contributed by atoms with van der Waals surface area (Å²) in [6.45, 7) is -0.662. The number of aliphatic hydroxyl groups excluding tert-OH is 4. The van der Waals surface area contributed by atoms with Crippen LogP contribution in [0.3, 0.4) is 0 Å². The van der Waals surface area contributed by atoms with Crippen LogP contribution in [0.2, 0.25) is 0 Å². The van der Waals surface area contributed by atoms with Crippen LogP contribution in [0.4, 0.5) is 0 Å². The van der Waals surface area contributed by atoms with Crippen LogP contribution in [0, 0.1) is 5.41 Å². The van der Waals surface area contributed by atoms with Gasteiger partial charge in [-0.15, -0.1) is 0 Å². The van der Waals surface area contributed by atoms with E-state index in [1.807, 2.05) is 0 Å². The van der Waals surface area contributed by atoms with E-state index in [2.05, 4.69) is 10.6 Å². The first kappa shape index (κ1) is 21.3. The van der Waals surface area contributed by atoms with E-state index in [0.717, 1.165) is 0 Å². The molecule has 0 saturated carbocycles. The lowest BCUT2D eigenvalue weighted by Crippen LogP contribution is -2.69. The third kappa shape index (κ3) is 3.83. The van der Waals surface area contributed by atoms with Crippen LogP contribution in [-0.2, 0) is 20.7 Å². The highest BCUT2D eigenvalue weighted by atomic mass is 16.5. The first-order chi connectivity index (χ1) is 12.8. The average molecular weight is 382 g/mol. The van der Waals surface area contributed by atoms with Gasteiger partial charge in [0, 0.05) is 14.1 Å². The lowest BCUT2D eigenvalue weighted by molar-refractivity contribution is -0.252. The van der Waals surface area contributed by atoms with Crippen molar-refractivity contribution in [1.29, 1.82) is 0 Å². The Kier molecular flexibility index (Phi) is 6.90. The third-order valence-corrected chi connectivity index (χ3v) is 4.97. The molecule has 6 N–H and O–H groups in total. The zero-order valence-electron chi connectivity index (χ0n) is 15.2. The van der Waals surface area contributed by atoms with Crippen LogP contribution >= 0.6 is 0 Å². The van der Waals surface area contributed by atoms with Gasteiger partial charge in [-0.1, -0.05) is 30.3 Å². The molecule has 2 rings (SSSR count). The van der Waals surface area contributed by atoms with Gasteiger partial charge in [-0.2, -0.15) is 0 Å². The van der Waals surface area contributed by atoms with Crippen LogP contribution in [0.5, 0.6) is 0 Å². The van der Waals surface area contributed by atoms with Gasteiger partial charge < -0.3 is 35.8 Å². The van der Waals surface area contributed by atoms with E-state index in [9.17, 15) is 30.0 Å². The summed E-state index contributed by atoms with van der Waals surface area (Å²) in [6.07, 6.45) is -7.90. The summed E-state index contributed by atoms with van der Waals surface area (Å²) in [5, 5.41) is 45.0. The lowest BCUT2D eigenvalue weighted by Gasteiger charge is -2.47. The molecule has 1 aromatic carbocycles. The van der Waals surface area contributed by atoms with Crippen molar-refractivity contribution < 1.29 is 34.8 Å². The molecule has 150 valence electrons. The number of carbonyl (C=O) groups excluding carboxylic acids is 2. The Bertz CT molecular complexity index is 636. The molecular formula is C18H26N2O7. The highest BCUT2D eigenvalue weighted by Crippen LogP contribution is 2.37. The maximum Gasteiger partial charge on any atom is 0.238 e. The largest absolute Gasteiger partial charge is 0.394 e. The summed E-state index contributed by atoms with van der Waals surface area (Å²) in [5.41, 5.74) is -1.32. The minimum Gasteiger partial charge on any atom is -0.394 e. The maximum absolute atomic E-state index is 12.9. The summed E-state index contributed by atoms with van der Waals surface area (Å²) < 4.78 is 5.58. The Morgan fingerprint density at radius 2 is 1.56 bits per heavy atom. The summed E-state index contributed by atoms with van der Waals surface area (Å²) in [4.78, 5) is 25.8. The molecule has 0 spiro atoms. The number of ether oxygens (including phenoxy) is 1. The molecule has 0 radical (unpaired) electrons. The quantitative estimate of drug-likeness (QED) is 0.299. The molecule has 1 fully saturated rings. The van der Waals surface area contributed by atoms with Crippen molar-refractivity contribution in [2.75, 3.05) is 20.7 Å². The van der Waals surface area contributed by atoms with Crippen LogP contribution in [-0.4, -0.2) is 83.5 Å². The van der Waals surface area contributed by atoms with E-state index in [4.69, 9.17) is 4.74 Å². The Morgan fingerprint density at radius 1 is 1.00 bits per heavy atom. The highest BCUT2D eigenvalue weighted by Gasteiger charge is 2.60. The maximum atomic E-state index is 12.9. The molecule has 0 aromatic heterocycles. The van der Waals surface area contributed by atoms with Crippen LogP contribution < -0.4 is 10.6 Å². The standard InChI is InChI=1S/C18H26N2O7/c1-19-16(25)18(17(26)20-2,8-10-6-4-3-5-7-10)15-14(24)13(23)12(22)11(9-21)27-15/h3-7,11-15,21-24H,8-9H2,1-2H3,(H,19,25)(H,20,26)/t11-,12+,13+,14-,15-/m1/s1. The molecule has 0 unspecified atom stereocenters. The van der Waals surface area contributed by atoms with Crippen molar-refractivity contribution in [3.05, 3.63) is 35.9 Å². The number of hydrogen-bond acceptors (Lipinski definition) is 7. The topological polar surface area (TPSA) is 148 Å². The molecule has 9 nitrogen and oxygen atoms in total. The second kappa shape index (κ2) is 8.77. The normalized spacial score (nSPS) is 28.4. The number of benzene rings is 1. The molecule has 1 saturated heterocycles. The van der Waals surface area contributed by atoms with E-state index >= 15 is 0 Å². The molecule has 1 heterocycles. The van der Waals surface area contributed by atoms with Crippen LogP contribution in [0.15, 0.2) is 30.3 Å². The number of aliphatic hydroxyl groups is 4. The SMILES string of the molecule is CNC(=O)C(Cc1ccccc1)(C(=O)NC)[C@@H]1O[C@H](CO)[C@H](O)[C@H](O)[C@H]1O. The fourth-order valence-electron chi connectivity index (χ4n) is 3.50. The smallest absolute Gasteiger partial charge is 0.238 e. The zero-order chi connectivity index (χ0) is 20.2. The summed E-state index contributed by atoms with van der Waals surface area (Å²) in [5.74, 6) is -1.45. The van der Waals surface area contributed by atoms with Crippen molar-refractivity contribution >= 4 is 11.8 Å². The third-order valence-electron chi connectivity index (χ3n) is 4.97. The second-order valence-corrected chi connectivity index (χ2v) is 6.54. The van der Waals surface area contributed by atoms with E-state index in [0.29, 0.717) is 5.56 Å². The van der Waals surface area contributed by atoms with Gasteiger partial charge in [-0.25, -0.2) is 0 Å². The molecule has 2 amide bonds. The molecule has 5 atom stereocenters. The summed E-state index contributed by atoms with van der Waals surface area (Å²) in [6, 6.07) is 8.68. The Hall–Kier alpha value is -2.04. The van der Waals surface area contributed by atoms with Crippen molar-refractivity contribution in [1.82, 2.24) is 10.6 Å². The molecule has 1 aliphatic rings. The van der Waals surface area contributed by atoms with Crippen molar-refractivity contribution in [3.63, 3.8) is 0 Å². The summed E-state index contributed by atoms with van der Waals surface area (Å²) in [7, 11) is 2.68. The molecule has 9 heteroatoms. The molecule has 0 bridgehead atoms. The predicted octanol–water partition coefficient (Wildman–Crippen LogP) is -2.45. The van der Waals surface area contributed by atoms with Gasteiger partial charge in [0.1, 0.15) is 30.5 Å². The Balaban J connectivity index is 2.59. The van der Waals surface area contributed by atoms with Gasteiger partial charge in [-0.3, -0.25) is 9.59 Å². The highest BCUT2D eigenvalue weighted by molar-refractivity contribution is 6.06. The first-order valence-corrected chi connectivity index (χ1v) is 8.62. The fraction of sp³-hybridized carbons (Fsp3) is 0.556. The zero-order valence-corrected chi connectivity index (χ0v) is 15.2. The number of nitrogens with one attached hydrogen (secondary N) is 2. The number of amides is 2. The van der Waals surface area contributed by atoms with Crippen molar-refractivity contribution in [3.8, 4) is 0 Å². The number of hydrogen-bond donors (Lipinski definition) is 6. The lowest BCUT2D eigenvalue weighted by atomic mass is 9.70. The van der Waals surface area contributed by atoms with Crippen molar-refractivity contribution in [2.45, 2.75) is 36.9 Å². The van der Waals surface area contributed by atoms with Gasteiger partial charge in [0.05, 0.1) is 6.61 Å². The van der Waals surface area contributed by atoms with Gasteiger partial charge in [-0.05, 0) is 12.0 Å². The van der Waals surface area contributed by atoms with Gasteiger partial charge >= 0.3 is 0 Å². The predicted molar refractivity (Wildman–Crippen MR) is 94.5 cm³/mol. The van der Waals surface area contributed by atoms with Gasteiger partial charge in [0.2, 0.25) is 11.8 Å². The average Bonchev–Trinajstić information content (AvgIpc) is 2.70. The van der Waals surface area contributed by atoms with Crippen molar-refractivity contribution in [2.24, 2.45) is 5.41 Å². The number of carbonyl (C=O) groups is 2. The van der Waals surface area contributed by atoms with E-state index < -0.39 is 54.4 Å². The Morgan fingerprint density at radius 3 is 2.04 bits per heavy atom. The Labute approximate surface area is 157 Å². The molecule has 0 aliphatic carbocycles. The molecule has 1 aliphatic heterocycles. The number of rotatable bonds is 6. The van der Waals surface area contributed by atoms with E-state index in [1.54, 1.807) is 30.3 Å². The van der Waals surface area contributed by atoms with Gasteiger partial charge in [0.15, 0.2) is 5.41 Å². The summed E-state index contributed by atoms with van der Waals surface area (Å²) >= 11 is 0. The van der Waals surface area contributed by atoms with Crippen LogP contribution in [0.1, 0.15) is 5.56 Å². The van der Waals surface area contributed by atoms with E-state index in [1.165, 1.54) is 14.1 Å². The molecule has 1 aromatic rings. The van der Waals surface area contributed by atoms with Gasteiger partial charge in [0.25, 0.3) is 0 Å². The minimum atomic E-state index is -1.95. The minimum absolute atomic E-state index is 0.129. The first-order valence-electron chi connectivity index (χ1n) is 8.62. The van der Waals surface area contributed by atoms with E-state index in [-0.39, 0.29) is 6.42 Å². The molecular weight excluding hydrogens is 356 g/mol.